The predicted octanol–water partition coefficient (Wildman–Crippen LogP) is 5.66. The number of alkyl halides is 3. The monoisotopic (exact) mass is 460 g/mol. The average molecular weight is 461 g/mol. The Labute approximate surface area is 190 Å². The van der Waals surface area contributed by atoms with Crippen molar-refractivity contribution < 1.29 is 22.7 Å². The van der Waals surface area contributed by atoms with Gasteiger partial charge in [0.15, 0.2) is 0 Å². The maximum Gasteiger partial charge on any atom is 0.416 e. The normalized spacial score (nSPS) is 12.8. The van der Waals surface area contributed by atoms with Gasteiger partial charge in [-0.05, 0) is 56.3 Å². The van der Waals surface area contributed by atoms with Crippen LogP contribution in [0.1, 0.15) is 18.2 Å². The van der Waals surface area contributed by atoms with Crippen molar-refractivity contribution in [3.05, 3.63) is 59.8 Å². The molecule has 0 N–H and O–H groups in total. The number of hydrogen-bond acceptors (Lipinski definition) is 4. The lowest BCUT2D eigenvalue weighted by atomic mass is 10.2. The third-order valence-corrected chi connectivity index (χ3v) is 5.16. The minimum atomic E-state index is -4.43. The summed E-state index contributed by atoms with van der Waals surface area (Å²) in [6.45, 7) is 4.27. The second-order valence-electron chi connectivity index (χ2n) is 7.82. The van der Waals surface area contributed by atoms with Crippen molar-refractivity contribution in [2.45, 2.75) is 26.6 Å². The summed E-state index contributed by atoms with van der Waals surface area (Å²) >= 11 is 0. The minimum Gasteiger partial charge on any atom is -0.487 e. The molecule has 33 heavy (non-hydrogen) atoms. The maximum atomic E-state index is 13.0. The van der Waals surface area contributed by atoms with Crippen LogP contribution < -0.4 is 4.74 Å². The first-order valence-corrected chi connectivity index (χ1v) is 10.3. The fraction of sp³-hybridized carbons (Fsp3) is 0.333. The Hall–Kier alpha value is -3.49. The van der Waals surface area contributed by atoms with Crippen LogP contribution in [-0.2, 0) is 17.6 Å². The van der Waals surface area contributed by atoms with Crippen LogP contribution in [0.3, 0.4) is 0 Å². The zero-order valence-electron chi connectivity index (χ0n) is 19.3. The third kappa shape index (κ3) is 6.06. The van der Waals surface area contributed by atoms with E-state index in [0.717, 1.165) is 40.3 Å². The molecule has 0 aliphatic heterocycles. The molecular weight excluding hydrogens is 433 g/mol. The molecule has 0 saturated heterocycles. The number of rotatable bonds is 7. The predicted molar refractivity (Wildman–Crippen MR) is 125 cm³/mol. The van der Waals surface area contributed by atoms with Crippen molar-refractivity contribution >= 4 is 28.1 Å². The number of halogens is 3. The van der Waals surface area contributed by atoms with Crippen LogP contribution in [0.4, 0.5) is 18.9 Å². The lowest BCUT2D eigenvalue weighted by molar-refractivity contribution is -0.137. The van der Waals surface area contributed by atoms with Gasteiger partial charge in [0.05, 0.1) is 17.8 Å². The van der Waals surface area contributed by atoms with Gasteiger partial charge in [0, 0.05) is 30.7 Å². The van der Waals surface area contributed by atoms with Crippen molar-refractivity contribution in [2.24, 2.45) is 10.1 Å². The number of oxime groups is 1. The molecule has 0 radical (unpaired) electrons. The molecule has 3 rings (SSSR count). The molecule has 3 aromatic rings. The Balaban J connectivity index is 1.81. The summed E-state index contributed by atoms with van der Waals surface area (Å²) in [7, 11) is 5.30. The molecule has 1 aromatic heterocycles. The summed E-state index contributed by atoms with van der Waals surface area (Å²) in [5.74, 6) is 1.01. The molecule has 0 bridgehead atoms. The van der Waals surface area contributed by atoms with Gasteiger partial charge in [0.25, 0.3) is 0 Å². The highest BCUT2D eigenvalue weighted by Crippen LogP contribution is 2.31. The van der Waals surface area contributed by atoms with E-state index in [1.54, 1.807) is 0 Å². The highest BCUT2D eigenvalue weighted by molar-refractivity contribution is 5.90. The first-order valence-electron chi connectivity index (χ1n) is 10.3. The Bertz CT molecular complexity index is 1180. The molecule has 6 nitrogen and oxygen atoms in total. The van der Waals surface area contributed by atoms with Crippen molar-refractivity contribution in [2.75, 3.05) is 27.8 Å². The van der Waals surface area contributed by atoms with E-state index < -0.39 is 11.7 Å². The molecule has 1 heterocycles. The van der Waals surface area contributed by atoms with E-state index in [4.69, 9.17) is 9.57 Å². The number of ether oxygens (including phenoxy) is 1. The summed E-state index contributed by atoms with van der Waals surface area (Å²) < 4.78 is 46.5. The Morgan fingerprint density at radius 2 is 1.85 bits per heavy atom. The number of nitrogens with zero attached hydrogens (tertiary/aromatic N) is 4. The second kappa shape index (κ2) is 9.97. The van der Waals surface area contributed by atoms with Crippen LogP contribution in [0.15, 0.2) is 58.7 Å². The number of benzene rings is 2. The highest BCUT2D eigenvalue weighted by atomic mass is 19.4. The van der Waals surface area contributed by atoms with Crippen molar-refractivity contribution in [3.8, 4) is 5.75 Å². The summed E-state index contributed by atoms with van der Waals surface area (Å²) in [5.41, 5.74) is 2.60. The first-order chi connectivity index (χ1) is 15.6. The van der Waals surface area contributed by atoms with Crippen LogP contribution in [0.5, 0.6) is 5.75 Å². The summed E-state index contributed by atoms with van der Waals surface area (Å²) in [5, 5.41) is 5.05. The van der Waals surface area contributed by atoms with E-state index in [9.17, 15) is 13.2 Å². The fourth-order valence-electron chi connectivity index (χ4n) is 3.30. The molecule has 0 aliphatic rings. The lowest BCUT2D eigenvalue weighted by Crippen LogP contribution is -2.19. The molecule has 0 fully saturated rings. The van der Waals surface area contributed by atoms with Gasteiger partial charge in [-0.2, -0.15) is 13.2 Å². The molecule has 9 heteroatoms. The van der Waals surface area contributed by atoms with Gasteiger partial charge in [-0.3, -0.25) is 0 Å². The van der Waals surface area contributed by atoms with Crippen LogP contribution >= 0.6 is 0 Å². The van der Waals surface area contributed by atoms with Gasteiger partial charge in [-0.25, -0.2) is 4.99 Å². The van der Waals surface area contributed by atoms with E-state index in [2.05, 4.69) is 20.8 Å². The van der Waals surface area contributed by atoms with Crippen LogP contribution in [0.25, 0.3) is 10.9 Å². The smallest absolute Gasteiger partial charge is 0.416 e. The summed E-state index contributed by atoms with van der Waals surface area (Å²) in [4.78, 5) is 11.5. The molecule has 0 unspecified atom stereocenters. The summed E-state index contributed by atoms with van der Waals surface area (Å²) in [6, 6.07) is 12.8. The van der Waals surface area contributed by atoms with Gasteiger partial charge >= 0.3 is 6.18 Å². The van der Waals surface area contributed by atoms with Crippen LogP contribution in [0, 0.1) is 6.92 Å². The topological polar surface area (TPSA) is 51.4 Å². The average Bonchev–Trinajstić information content (AvgIpc) is 3.06. The zero-order valence-corrected chi connectivity index (χ0v) is 19.3. The largest absolute Gasteiger partial charge is 0.487 e. The number of fused-ring (bicyclic) bond motifs is 1. The van der Waals surface area contributed by atoms with E-state index in [0.29, 0.717) is 12.3 Å². The Morgan fingerprint density at radius 3 is 2.52 bits per heavy atom. The summed E-state index contributed by atoms with van der Waals surface area (Å²) in [6.07, 6.45) is -4.43. The number of hydrogen-bond donors (Lipinski definition) is 0. The number of aromatic nitrogens is 1. The molecule has 0 atom stereocenters. The van der Waals surface area contributed by atoms with E-state index >= 15 is 0 Å². The molecule has 2 aromatic carbocycles. The number of amidine groups is 1. The molecule has 0 saturated carbocycles. The zero-order chi connectivity index (χ0) is 24.2. The van der Waals surface area contributed by atoms with Crippen molar-refractivity contribution in [1.29, 1.82) is 0 Å². The maximum absolute atomic E-state index is 13.0. The first kappa shape index (κ1) is 24.2. The standard InChI is InChI=1S/C24H27F3N4O2/c1-16-11-18-12-20(28-17(2)30(3)4)9-10-23(18)31(16)14-21(29-32-5)15-33-22-8-6-7-19(13-22)24(25,26)27/h6-13H,14-15H2,1-5H3. The highest BCUT2D eigenvalue weighted by Gasteiger charge is 2.30. The quantitative estimate of drug-likeness (QED) is 0.260. The molecular formula is C24H27F3N4O2. The SMILES string of the molecule is CON=C(COc1cccc(C(F)(F)F)c1)Cn1c(C)cc2cc(N=C(C)N(C)C)ccc21. The van der Waals surface area contributed by atoms with Crippen LogP contribution in [0.2, 0.25) is 0 Å². The molecule has 0 spiro atoms. The van der Waals surface area contributed by atoms with Crippen LogP contribution in [-0.4, -0.2) is 48.8 Å². The van der Waals surface area contributed by atoms with Gasteiger partial charge in [-0.1, -0.05) is 11.2 Å². The Morgan fingerprint density at radius 1 is 1.09 bits per heavy atom. The fourth-order valence-corrected chi connectivity index (χ4v) is 3.30. The lowest BCUT2D eigenvalue weighted by Gasteiger charge is -2.13. The van der Waals surface area contributed by atoms with Gasteiger partial charge in [-0.15, -0.1) is 0 Å². The minimum absolute atomic E-state index is 0.0152. The van der Waals surface area contributed by atoms with Gasteiger partial charge in [0.2, 0.25) is 0 Å². The molecule has 0 aliphatic carbocycles. The molecule has 0 amide bonds. The van der Waals surface area contributed by atoms with E-state index in [-0.39, 0.29) is 12.4 Å². The van der Waals surface area contributed by atoms with Gasteiger partial charge < -0.3 is 19.0 Å². The second-order valence-corrected chi connectivity index (χ2v) is 7.82. The van der Waals surface area contributed by atoms with Gasteiger partial charge in [0.1, 0.15) is 31.0 Å². The molecule has 176 valence electrons. The van der Waals surface area contributed by atoms with Crippen molar-refractivity contribution in [3.63, 3.8) is 0 Å². The van der Waals surface area contributed by atoms with E-state index in [1.165, 1.54) is 19.2 Å². The van der Waals surface area contributed by atoms with Crippen molar-refractivity contribution in [1.82, 2.24) is 9.47 Å². The van der Waals surface area contributed by atoms with E-state index in [1.807, 2.05) is 51.0 Å². The number of aliphatic imine (C=N–C) groups is 1. The number of aryl methyl sites for hydroxylation is 1. The third-order valence-electron chi connectivity index (χ3n) is 5.16. The Kier molecular flexibility index (Phi) is 7.30.